The molecule has 0 N–H and O–H groups in total. The molecular formula is C16H23NO. The molecule has 0 radical (unpaired) electrons. The summed E-state index contributed by atoms with van der Waals surface area (Å²) in [6.07, 6.45) is 1.21. The van der Waals surface area contributed by atoms with Crippen LogP contribution in [0.25, 0.3) is 0 Å². The van der Waals surface area contributed by atoms with E-state index in [1.807, 2.05) is 30.3 Å². The van der Waals surface area contributed by atoms with Crippen LogP contribution in [0.4, 0.5) is 0 Å². The molecule has 0 bridgehead atoms. The first-order chi connectivity index (χ1) is 8.47. The lowest BCUT2D eigenvalue weighted by Crippen LogP contribution is -2.30. The summed E-state index contributed by atoms with van der Waals surface area (Å²) in [7, 11) is 0. The quantitative estimate of drug-likeness (QED) is 0.762. The van der Waals surface area contributed by atoms with Crippen molar-refractivity contribution in [3.05, 3.63) is 35.9 Å². The Morgan fingerprint density at radius 1 is 1.28 bits per heavy atom. The number of carbonyl (C=O) groups excluding carboxylic acids is 1. The number of rotatable bonds is 3. The van der Waals surface area contributed by atoms with Gasteiger partial charge in [-0.15, -0.1) is 0 Å². The number of ketones is 1. The molecule has 0 spiro atoms. The van der Waals surface area contributed by atoms with Crippen LogP contribution in [-0.4, -0.2) is 30.3 Å². The van der Waals surface area contributed by atoms with Gasteiger partial charge in [-0.1, -0.05) is 51.1 Å². The highest BCUT2D eigenvalue weighted by atomic mass is 16.1. The third kappa shape index (κ3) is 3.20. The summed E-state index contributed by atoms with van der Waals surface area (Å²) >= 11 is 0. The molecule has 2 heteroatoms. The topological polar surface area (TPSA) is 20.3 Å². The van der Waals surface area contributed by atoms with Gasteiger partial charge in [0.05, 0.1) is 6.54 Å². The van der Waals surface area contributed by atoms with Gasteiger partial charge >= 0.3 is 0 Å². The molecule has 2 nitrogen and oxygen atoms in total. The van der Waals surface area contributed by atoms with E-state index in [2.05, 4.69) is 25.7 Å². The number of likely N-dealkylation sites (tertiary alicyclic amines) is 1. The third-order valence-corrected chi connectivity index (χ3v) is 3.96. The predicted molar refractivity (Wildman–Crippen MR) is 74.8 cm³/mol. The Kier molecular flexibility index (Phi) is 3.86. The zero-order chi connectivity index (χ0) is 13.2. The van der Waals surface area contributed by atoms with Crippen LogP contribution < -0.4 is 0 Å². The first-order valence-corrected chi connectivity index (χ1v) is 6.77. The minimum absolute atomic E-state index is 0.241. The van der Waals surface area contributed by atoms with E-state index in [0.29, 0.717) is 17.9 Å². The van der Waals surface area contributed by atoms with Gasteiger partial charge < -0.3 is 0 Å². The highest BCUT2D eigenvalue weighted by Crippen LogP contribution is 2.33. The van der Waals surface area contributed by atoms with E-state index in [9.17, 15) is 4.79 Å². The van der Waals surface area contributed by atoms with E-state index in [0.717, 1.165) is 18.7 Å². The van der Waals surface area contributed by atoms with E-state index >= 15 is 0 Å². The van der Waals surface area contributed by atoms with E-state index in [-0.39, 0.29) is 5.78 Å². The van der Waals surface area contributed by atoms with Gasteiger partial charge in [-0.05, 0) is 24.3 Å². The van der Waals surface area contributed by atoms with Gasteiger partial charge in [0.25, 0.3) is 0 Å². The molecule has 1 atom stereocenters. The van der Waals surface area contributed by atoms with Crippen LogP contribution in [0.5, 0.6) is 0 Å². The van der Waals surface area contributed by atoms with E-state index in [1.54, 1.807) is 0 Å². The molecule has 2 rings (SSSR count). The highest BCUT2D eigenvalue weighted by molar-refractivity contribution is 5.97. The SMILES string of the molecule is CC(C)(C)C1CCN(CC(=O)c2ccccc2)C1. The summed E-state index contributed by atoms with van der Waals surface area (Å²) < 4.78 is 0. The van der Waals surface area contributed by atoms with Crippen molar-refractivity contribution in [2.75, 3.05) is 19.6 Å². The molecule has 98 valence electrons. The summed E-state index contributed by atoms with van der Waals surface area (Å²) in [6, 6.07) is 9.60. The Balaban J connectivity index is 1.91. The smallest absolute Gasteiger partial charge is 0.176 e. The number of benzene rings is 1. The average molecular weight is 245 g/mol. The van der Waals surface area contributed by atoms with Crippen LogP contribution in [0.2, 0.25) is 0 Å². The number of nitrogens with zero attached hydrogens (tertiary/aromatic N) is 1. The second-order valence-electron chi connectivity index (χ2n) is 6.38. The van der Waals surface area contributed by atoms with E-state index in [1.165, 1.54) is 6.42 Å². The first-order valence-electron chi connectivity index (χ1n) is 6.77. The van der Waals surface area contributed by atoms with Gasteiger partial charge in [0, 0.05) is 12.1 Å². The molecule has 0 aliphatic carbocycles. The highest BCUT2D eigenvalue weighted by Gasteiger charge is 2.32. The largest absolute Gasteiger partial charge is 0.295 e. The lowest BCUT2D eigenvalue weighted by atomic mass is 9.80. The number of hydrogen-bond donors (Lipinski definition) is 0. The van der Waals surface area contributed by atoms with Crippen molar-refractivity contribution < 1.29 is 4.79 Å². The molecule has 1 unspecified atom stereocenters. The zero-order valence-electron chi connectivity index (χ0n) is 11.6. The number of hydrogen-bond acceptors (Lipinski definition) is 2. The second-order valence-corrected chi connectivity index (χ2v) is 6.38. The van der Waals surface area contributed by atoms with Crippen LogP contribution in [0.1, 0.15) is 37.6 Å². The normalized spacial score (nSPS) is 21.2. The van der Waals surface area contributed by atoms with Crippen molar-refractivity contribution in [2.45, 2.75) is 27.2 Å². The summed E-state index contributed by atoms with van der Waals surface area (Å²) in [5.41, 5.74) is 1.18. The van der Waals surface area contributed by atoms with Crippen LogP contribution in [0.15, 0.2) is 30.3 Å². The van der Waals surface area contributed by atoms with E-state index < -0.39 is 0 Å². The molecule has 1 aromatic carbocycles. The molecule has 1 aromatic rings. The average Bonchev–Trinajstić information content (AvgIpc) is 2.78. The molecule has 0 aromatic heterocycles. The van der Waals surface area contributed by atoms with Crippen molar-refractivity contribution in [3.63, 3.8) is 0 Å². The van der Waals surface area contributed by atoms with Gasteiger partial charge in [0.1, 0.15) is 0 Å². The van der Waals surface area contributed by atoms with Crippen molar-refractivity contribution >= 4 is 5.78 Å². The lowest BCUT2D eigenvalue weighted by Gasteiger charge is -2.27. The maximum absolute atomic E-state index is 12.1. The van der Waals surface area contributed by atoms with Crippen molar-refractivity contribution in [2.24, 2.45) is 11.3 Å². The van der Waals surface area contributed by atoms with Crippen molar-refractivity contribution in [3.8, 4) is 0 Å². The summed E-state index contributed by atoms with van der Waals surface area (Å²) in [4.78, 5) is 14.4. The third-order valence-electron chi connectivity index (χ3n) is 3.96. The lowest BCUT2D eigenvalue weighted by molar-refractivity contribution is 0.0938. The molecule has 1 aliphatic heterocycles. The maximum Gasteiger partial charge on any atom is 0.176 e. The number of Topliss-reactive ketones (excluding diaryl/α,β-unsaturated/α-hetero) is 1. The molecule has 1 saturated heterocycles. The maximum atomic E-state index is 12.1. The van der Waals surface area contributed by atoms with Crippen molar-refractivity contribution in [1.29, 1.82) is 0 Å². The second kappa shape index (κ2) is 5.23. The van der Waals surface area contributed by atoms with Gasteiger partial charge in [-0.2, -0.15) is 0 Å². The van der Waals surface area contributed by atoms with E-state index in [4.69, 9.17) is 0 Å². The predicted octanol–water partition coefficient (Wildman–Crippen LogP) is 3.24. The van der Waals surface area contributed by atoms with Crippen LogP contribution in [0, 0.1) is 11.3 Å². The van der Waals surface area contributed by atoms with Crippen LogP contribution >= 0.6 is 0 Å². The summed E-state index contributed by atoms with van der Waals surface area (Å²) in [5, 5.41) is 0. The Labute approximate surface area is 110 Å². The molecule has 1 fully saturated rings. The Morgan fingerprint density at radius 2 is 1.94 bits per heavy atom. The fourth-order valence-electron chi connectivity index (χ4n) is 2.60. The molecule has 1 heterocycles. The van der Waals surface area contributed by atoms with Gasteiger partial charge in [-0.25, -0.2) is 0 Å². The molecule has 1 aliphatic rings. The zero-order valence-corrected chi connectivity index (χ0v) is 11.6. The Morgan fingerprint density at radius 3 is 2.50 bits per heavy atom. The Hall–Kier alpha value is -1.15. The molecule has 18 heavy (non-hydrogen) atoms. The van der Waals surface area contributed by atoms with Gasteiger partial charge in [-0.3, -0.25) is 9.69 Å². The molecule has 0 amide bonds. The van der Waals surface area contributed by atoms with Crippen LogP contribution in [0.3, 0.4) is 0 Å². The minimum Gasteiger partial charge on any atom is -0.295 e. The molecule has 0 saturated carbocycles. The fraction of sp³-hybridized carbons (Fsp3) is 0.562. The monoisotopic (exact) mass is 245 g/mol. The summed E-state index contributed by atoms with van der Waals surface area (Å²) in [6.45, 7) is 9.56. The minimum atomic E-state index is 0.241. The van der Waals surface area contributed by atoms with Crippen molar-refractivity contribution in [1.82, 2.24) is 4.90 Å². The van der Waals surface area contributed by atoms with Gasteiger partial charge in [0.2, 0.25) is 0 Å². The Bertz CT molecular complexity index is 405. The standard InChI is InChI=1S/C16H23NO/c1-16(2,3)14-9-10-17(11-14)12-15(18)13-7-5-4-6-8-13/h4-8,14H,9-12H2,1-3H3. The van der Waals surface area contributed by atoms with Gasteiger partial charge in [0.15, 0.2) is 5.78 Å². The van der Waals surface area contributed by atoms with Crippen LogP contribution in [-0.2, 0) is 0 Å². The summed E-state index contributed by atoms with van der Waals surface area (Å²) in [5.74, 6) is 0.950. The fourth-order valence-corrected chi connectivity index (χ4v) is 2.60. The number of carbonyl (C=O) groups is 1. The first kappa shape index (κ1) is 13.3. The molecular weight excluding hydrogens is 222 g/mol.